The van der Waals surface area contributed by atoms with Crippen LogP contribution in [-0.4, -0.2) is 32.5 Å². The number of anilines is 2. The maximum absolute atomic E-state index is 12.8. The van der Waals surface area contributed by atoms with Crippen molar-refractivity contribution in [3.8, 4) is 0 Å². The lowest BCUT2D eigenvalue weighted by molar-refractivity contribution is -0.117. The van der Waals surface area contributed by atoms with Crippen molar-refractivity contribution in [2.45, 2.75) is 31.6 Å². The van der Waals surface area contributed by atoms with Crippen LogP contribution in [0.5, 0.6) is 0 Å². The number of benzene rings is 2. The summed E-state index contributed by atoms with van der Waals surface area (Å²) in [4.78, 5) is 25.6. The van der Waals surface area contributed by atoms with E-state index in [0.717, 1.165) is 11.1 Å². The lowest BCUT2D eigenvalue weighted by Crippen LogP contribution is -2.26. The van der Waals surface area contributed by atoms with Crippen LogP contribution in [0.1, 0.15) is 24.5 Å². The van der Waals surface area contributed by atoms with Crippen LogP contribution in [0.2, 0.25) is 0 Å². The summed E-state index contributed by atoms with van der Waals surface area (Å²) < 4.78 is 26.1. The number of fused-ring (bicyclic) bond motifs is 1. The molecule has 0 spiro atoms. The molecule has 0 radical (unpaired) electrons. The van der Waals surface area contributed by atoms with Crippen molar-refractivity contribution in [1.82, 2.24) is 0 Å². The molecule has 0 aliphatic carbocycles. The predicted octanol–water partition coefficient (Wildman–Crippen LogP) is 3.47. The largest absolute Gasteiger partial charge is 0.326 e. The van der Waals surface area contributed by atoms with Gasteiger partial charge in [0.05, 0.1) is 10.6 Å². The SMILES string of the molecule is CC(=O)N1CCc2cc(Br)c(S(=O)(=O)CCC(=O)Nc3cccc(C)c3)cc21. The van der Waals surface area contributed by atoms with Crippen LogP contribution in [-0.2, 0) is 25.8 Å². The average molecular weight is 465 g/mol. The van der Waals surface area contributed by atoms with Gasteiger partial charge in [-0.2, -0.15) is 0 Å². The molecule has 0 saturated carbocycles. The highest BCUT2D eigenvalue weighted by Crippen LogP contribution is 2.36. The van der Waals surface area contributed by atoms with Gasteiger partial charge in [0.1, 0.15) is 0 Å². The molecule has 2 aromatic rings. The van der Waals surface area contributed by atoms with Gasteiger partial charge in [0.15, 0.2) is 9.84 Å². The van der Waals surface area contributed by atoms with Gasteiger partial charge in [-0.25, -0.2) is 8.42 Å². The second-order valence-corrected chi connectivity index (χ2v) is 9.75. The lowest BCUT2D eigenvalue weighted by Gasteiger charge is -2.16. The number of nitrogens with zero attached hydrogens (tertiary/aromatic N) is 1. The van der Waals surface area contributed by atoms with Crippen molar-refractivity contribution in [3.63, 3.8) is 0 Å². The Balaban J connectivity index is 1.75. The molecule has 0 unspecified atom stereocenters. The standard InChI is InChI=1S/C20H21BrN2O4S/c1-13-4-3-5-16(10-13)22-20(25)7-9-28(26,27)19-12-18-15(11-17(19)21)6-8-23(18)14(2)24/h3-5,10-12H,6-9H2,1-2H3,(H,22,25). The normalized spacial score (nSPS) is 13.3. The van der Waals surface area contributed by atoms with Crippen molar-refractivity contribution in [2.24, 2.45) is 0 Å². The average Bonchev–Trinajstić information content (AvgIpc) is 3.02. The van der Waals surface area contributed by atoms with E-state index >= 15 is 0 Å². The van der Waals surface area contributed by atoms with Crippen molar-refractivity contribution in [2.75, 3.05) is 22.5 Å². The Bertz CT molecular complexity index is 1050. The van der Waals surface area contributed by atoms with Gasteiger partial charge in [0, 0.05) is 35.7 Å². The molecular formula is C20H21BrN2O4S. The number of halogens is 1. The molecule has 1 aliphatic rings. The quantitative estimate of drug-likeness (QED) is 0.733. The van der Waals surface area contributed by atoms with E-state index in [1.807, 2.05) is 25.1 Å². The number of nitrogens with one attached hydrogen (secondary N) is 1. The molecule has 0 bridgehead atoms. The minimum atomic E-state index is -3.70. The highest BCUT2D eigenvalue weighted by atomic mass is 79.9. The Kier molecular flexibility index (Phi) is 5.90. The Morgan fingerprint density at radius 2 is 1.96 bits per heavy atom. The van der Waals surface area contributed by atoms with Crippen molar-refractivity contribution in [3.05, 3.63) is 52.0 Å². The van der Waals surface area contributed by atoms with Gasteiger partial charge in [0.25, 0.3) is 0 Å². The van der Waals surface area contributed by atoms with Crippen LogP contribution in [0, 0.1) is 6.92 Å². The molecule has 3 rings (SSSR count). The molecule has 148 valence electrons. The first-order chi connectivity index (χ1) is 13.2. The number of hydrogen-bond donors (Lipinski definition) is 1. The number of amides is 2. The molecule has 2 aromatic carbocycles. The minimum absolute atomic E-state index is 0.0998. The highest BCUT2D eigenvalue weighted by molar-refractivity contribution is 9.10. The summed E-state index contributed by atoms with van der Waals surface area (Å²) in [7, 11) is -3.70. The van der Waals surface area contributed by atoms with Gasteiger partial charge in [-0.1, -0.05) is 12.1 Å². The zero-order chi connectivity index (χ0) is 20.5. The van der Waals surface area contributed by atoms with Gasteiger partial charge in [0.2, 0.25) is 11.8 Å². The van der Waals surface area contributed by atoms with E-state index in [1.165, 1.54) is 13.0 Å². The fourth-order valence-corrected chi connectivity index (χ4v) is 5.69. The van der Waals surface area contributed by atoms with Gasteiger partial charge < -0.3 is 10.2 Å². The van der Waals surface area contributed by atoms with Crippen LogP contribution < -0.4 is 10.2 Å². The summed E-state index contributed by atoms with van der Waals surface area (Å²) in [6.45, 7) is 3.91. The molecule has 1 heterocycles. The highest BCUT2D eigenvalue weighted by Gasteiger charge is 2.27. The van der Waals surface area contributed by atoms with Gasteiger partial charge >= 0.3 is 0 Å². The molecule has 6 nitrogen and oxygen atoms in total. The Hall–Kier alpha value is -2.19. The number of aryl methyl sites for hydroxylation is 1. The number of hydrogen-bond acceptors (Lipinski definition) is 4. The zero-order valence-electron chi connectivity index (χ0n) is 15.7. The maximum atomic E-state index is 12.8. The first-order valence-corrected chi connectivity index (χ1v) is 11.3. The first-order valence-electron chi connectivity index (χ1n) is 8.87. The number of rotatable bonds is 5. The Morgan fingerprint density at radius 1 is 1.21 bits per heavy atom. The van der Waals surface area contributed by atoms with E-state index < -0.39 is 9.84 Å². The van der Waals surface area contributed by atoms with E-state index in [1.54, 1.807) is 17.0 Å². The Morgan fingerprint density at radius 3 is 2.64 bits per heavy atom. The molecular weight excluding hydrogens is 444 g/mol. The number of sulfone groups is 1. The fourth-order valence-electron chi connectivity index (χ4n) is 3.24. The van der Waals surface area contributed by atoms with Gasteiger partial charge in [-0.3, -0.25) is 9.59 Å². The summed E-state index contributed by atoms with van der Waals surface area (Å²) in [6.07, 6.45) is 0.531. The monoisotopic (exact) mass is 464 g/mol. The molecule has 0 atom stereocenters. The minimum Gasteiger partial charge on any atom is -0.326 e. The topological polar surface area (TPSA) is 83.6 Å². The van der Waals surface area contributed by atoms with Crippen LogP contribution in [0.4, 0.5) is 11.4 Å². The summed E-state index contributed by atoms with van der Waals surface area (Å²) in [5.74, 6) is -0.805. The van der Waals surface area contributed by atoms with E-state index in [9.17, 15) is 18.0 Å². The maximum Gasteiger partial charge on any atom is 0.225 e. The van der Waals surface area contributed by atoms with E-state index in [-0.39, 0.29) is 28.9 Å². The molecule has 0 saturated heterocycles. The second-order valence-electron chi connectivity index (χ2n) is 6.82. The van der Waals surface area contributed by atoms with Crippen LogP contribution in [0.15, 0.2) is 45.8 Å². The third-order valence-corrected chi connectivity index (χ3v) is 7.31. The first kappa shape index (κ1) is 20.5. The summed E-state index contributed by atoms with van der Waals surface area (Å²) in [5, 5.41) is 2.72. The summed E-state index contributed by atoms with van der Waals surface area (Å²) >= 11 is 3.33. The summed E-state index contributed by atoms with van der Waals surface area (Å²) in [5.41, 5.74) is 3.19. The van der Waals surface area contributed by atoms with Crippen molar-refractivity contribution >= 4 is 49.0 Å². The molecule has 1 N–H and O–H groups in total. The molecule has 1 aliphatic heterocycles. The Labute approximate surface area is 173 Å². The van der Waals surface area contributed by atoms with Crippen LogP contribution >= 0.6 is 15.9 Å². The molecule has 2 amide bonds. The zero-order valence-corrected chi connectivity index (χ0v) is 18.1. The van der Waals surface area contributed by atoms with Crippen LogP contribution in [0.3, 0.4) is 0 Å². The van der Waals surface area contributed by atoms with Crippen LogP contribution in [0.25, 0.3) is 0 Å². The van der Waals surface area contributed by atoms with Gasteiger partial charge in [-0.15, -0.1) is 0 Å². The molecule has 0 aromatic heterocycles. The summed E-state index contributed by atoms with van der Waals surface area (Å²) in [6, 6.07) is 10.6. The second kappa shape index (κ2) is 8.05. The van der Waals surface area contributed by atoms with E-state index in [4.69, 9.17) is 0 Å². The predicted molar refractivity (Wildman–Crippen MR) is 112 cm³/mol. The molecule has 8 heteroatoms. The van der Waals surface area contributed by atoms with Gasteiger partial charge in [-0.05, 0) is 64.7 Å². The number of carbonyl (C=O) groups is 2. The van der Waals surface area contributed by atoms with Crippen molar-refractivity contribution in [1.29, 1.82) is 0 Å². The molecule has 28 heavy (non-hydrogen) atoms. The van der Waals surface area contributed by atoms with Crippen molar-refractivity contribution < 1.29 is 18.0 Å². The van der Waals surface area contributed by atoms with E-state index in [2.05, 4.69) is 21.2 Å². The molecule has 0 fully saturated rings. The fraction of sp³-hybridized carbons (Fsp3) is 0.300. The third kappa shape index (κ3) is 4.44. The van der Waals surface area contributed by atoms with E-state index in [0.29, 0.717) is 28.8 Å². The number of carbonyl (C=O) groups excluding carboxylic acids is 2. The smallest absolute Gasteiger partial charge is 0.225 e. The lowest BCUT2D eigenvalue weighted by atomic mass is 10.2. The third-order valence-electron chi connectivity index (χ3n) is 4.64.